The second-order valence-electron chi connectivity index (χ2n) is 4.05. The number of aliphatic hydroxyl groups is 1. The Bertz CT molecular complexity index is 312. The minimum absolute atomic E-state index is 0.569. The van der Waals surface area contributed by atoms with E-state index in [9.17, 15) is 5.11 Å². The third kappa shape index (κ3) is 4.20. The molecule has 0 aromatic heterocycles. The van der Waals surface area contributed by atoms with Crippen LogP contribution in [0.3, 0.4) is 0 Å². The predicted octanol–water partition coefficient (Wildman–Crippen LogP) is 2.24. The Labute approximate surface area is 96.3 Å². The van der Waals surface area contributed by atoms with Crippen LogP contribution in [0.2, 0.25) is 5.02 Å². The van der Waals surface area contributed by atoms with Crippen LogP contribution in [0.4, 0.5) is 0 Å². The molecule has 3 heteroatoms. The molecule has 1 aromatic carbocycles. The summed E-state index contributed by atoms with van der Waals surface area (Å²) < 4.78 is 0. The fourth-order valence-corrected chi connectivity index (χ4v) is 1.71. The average Bonchev–Trinajstić information content (AvgIpc) is 2.18. The maximum absolute atomic E-state index is 10.1. The number of benzene rings is 1. The highest BCUT2D eigenvalue weighted by Gasteiger charge is 2.21. The van der Waals surface area contributed by atoms with Crippen molar-refractivity contribution in [2.24, 2.45) is 0 Å². The minimum atomic E-state index is -0.749. The van der Waals surface area contributed by atoms with E-state index in [2.05, 4.69) is 5.32 Å². The van der Waals surface area contributed by atoms with Gasteiger partial charge in [-0.15, -0.1) is 0 Å². The summed E-state index contributed by atoms with van der Waals surface area (Å²) in [6.45, 7) is 5.28. The quantitative estimate of drug-likeness (QED) is 0.809. The predicted molar refractivity (Wildman–Crippen MR) is 64.3 cm³/mol. The topological polar surface area (TPSA) is 32.3 Å². The molecule has 2 nitrogen and oxygen atoms in total. The Kier molecular flexibility index (Phi) is 4.58. The summed E-state index contributed by atoms with van der Waals surface area (Å²) >= 11 is 6.03. The normalized spacial score (nSPS) is 14.9. The van der Waals surface area contributed by atoms with Crippen LogP contribution in [0.5, 0.6) is 0 Å². The molecule has 84 valence electrons. The molecule has 0 aliphatic carbocycles. The highest BCUT2D eigenvalue weighted by molar-refractivity contribution is 6.31. The monoisotopic (exact) mass is 227 g/mol. The maximum atomic E-state index is 10.1. The van der Waals surface area contributed by atoms with Gasteiger partial charge in [0.05, 0.1) is 5.60 Å². The molecule has 0 aliphatic rings. The summed E-state index contributed by atoms with van der Waals surface area (Å²) in [7, 11) is 0. The van der Waals surface area contributed by atoms with E-state index < -0.39 is 5.60 Å². The van der Waals surface area contributed by atoms with Crippen LogP contribution >= 0.6 is 11.6 Å². The van der Waals surface area contributed by atoms with Crippen molar-refractivity contribution < 1.29 is 5.11 Å². The summed E-state index contributed by atoms with van der Waals surface area (Å²) in [5, 5.41) is 14.0. The van der Waals surface area contributed by atoms with Gasteiger partial charge < -0.3 is 10.4 Å². The fraction of sp³-hybridized carbons (Fsp3) is 0.500. The number of rotatable bonds is 5. The maximum Gasteiger partial charge on any atom is 0.0784 e. The van der Waals surface area contributed by atoms with Gasteiger partial charge in [0.15, 0.2) is 0 Å². The molecule has 0 heterocycles. The molecule has 1 unspecified atom stereocenters. The zero-order valence-corrected chi connectivity index (χ0v) is 10.0. The molecule has 0 bridgehead atoms. The molecule has 0 amide bonds. The van der Waals surface area contributed by atoms with Gasteiger partial charge in [-0.05, 0) is 25.1 Å². The minimum Gasteiger partial charge on any atom is -0.389 e. The van der Waals surface area contributed by atoms with Gasteiger partial charge in [0.2, 0.25) is 0 Å². The van der Waals surface area contributed by atoms with Crippen LogP contribution in [-0.2, 0) is 6.42 Å². The van der Waals surface area contributed by atoms with Crippen molar-refractivity contribution >= 4 is 11.6 Å². The lowest BCUT2D eigenvalue weighted by molar-refractivity contribution is 0.0607. The van der Waals surface area contributed by atoms with Gasteiger partial charge in [-0.1, -0.05) is 36.7 Å². The van der Waals surface area contributed by atoms with Gasteiger partial charge in [-0.25, -0.2) is 0 Å². The van der Waals surface area contributed by atoms with Crippen molar-refractivity contribution in [1.29, 1.82) is 0 Å². The number of halogens is 1. The van der Waals surface area contributed by atoms with Gasteiger partial charge in [0, 0.05) is 18.0 Å². The molecule has 0 spiro atoms. The molecular formula is C12H18ClNO. The summed E-state index contributed by atoms with van der Waals surface area (Å²) in [4.78, 5) is 0. The number of likely N-dealkylation sites (N-methyl/N-ethyl adjacent to an activating group) is 1. The van der Waals surface area contributed by atoms with E-state index >= 15 is 0 Å². The molecule has 15 heavy (non-hydrogen) atoms. The molecule has 0 saturated heterocycles. The highest BCUT2D eigenvalue weighted by Crippen LogP contribution is 2.20. The zero-order valence-electron chi connectivity index (χ0n) is 9.26. The van der Waals surface area contributed by atoms with E-state index in [1.165, 1.54) is 0 Å². The van der Waals surface area contributed by atoms with E-state index in [0.717, 1.165) is 12.1 Å². The number of hydrogen-bond acceptors (Lipinski definition) is 2. The van der Waals surface area contributed by atoms with Crippen LogP contribution in [0.25, 0.3) is 0 Å². The summed E-state index contributed by atoms with van der Waals surface area (Å²) in [6, 6.07) is 7.62. The SMILES string of the molecule is CCNCC(C)(O)Cc1ccccc1Cl. The van der Waals surface area contributed by atoms with Crippen molar-refractivity contribution in [3.8, 4) is 0 Å². The summed E-state index contributed by atoms with van der Waals surface area (Å²) in [5.74, 6) is 0. The van der Waals surface area contributed by atoms with Crippen LogP contribution in [-0.4, -0.2) is 23.8 Å². The highest BCUT2D eigenvalue weighted by atomic mass is 35.5. The smallest absolute Gasteiger partial charge is 0.0784 e. The molecule has 1 aromatic rings. The first-order valence-corrected chi connectivity index (χ1v) is 5.59. The second-order valence-corrected chi connectivity index (χ2v) is 4.45. The van der Waals surface area contributed by atoms with Gasteiger partial charge in [0.1, 0.15) is 0 Å². The third-order valence-corrected chi connectivity index (χ3v) is 2.65. The Morgan fingerprint density at radius 1 is 1.40 bits per heavy atom. The molecule has 1 atom stereocenters. The lowest BCUT2D eigenvalue weighted by Gasteiger charge is -2.24. The van der Waals surface area contributed by atoms with E-state index in [-0.39, 0.29) is 0 Å². The Hall–Kier alpha value is -0.570. The van der Waals surface area contributed by atoms with E-state index in [1.54, 1.807) is 0 Å². The number of nitrogens with one attached hydrogen (secondary N) is 1. The molecular weight excluding hydrogens is 210 g/mol. The Morgan fingerprint density at radius 3 is 2.67 bits per heavy atom. The fourth-order valence-electron chi connectivity index (χ4n) is 1.51. The number of hydrogen-bond donors (Lipinski definition) is 2. The van der Waals surface area contributed by atoms with Gasteiger partial charge in [0.25, 0.3) is 0 Å². The van der Waals surface area contributed by atoms with Gasteiger partial charge in [-0.3, -0.25) is 0 Å². The van der Waals surface area contributed by atoms with E-state index in [0.29, 0.717) is 18.0 Å². The van der Waals surface area contributed by atoms with Crippen LogP contribution in [0.1, 0.15) is 19.4 Å². The average molecular weight is 228 g/mol. The van der Waals surface area contributed by atoms with Crippen molar-refractivity contribution in [2.75, 3.05) is 13.1 Å². The Balaban J connectivity index is 2.64. The molecule has 0 saturated carbocycles. The lowest BCUT2D eigenvalue weighted by atomic mass is 9.96. The first kappa shape index (κ1) is 12.5. The van der Waals surface area contributed by atoms with Crippen molar-refractivity contribution in [1.82, 2.24) is 5.32 Å². The first-order valence-electron chi connectivity index (χ1n) is 5.21. The van der Waals surface area contributed by atoms with Crippen LogP contribution in [0, 0.1) is 0 Å². The largest absolute Gasteiger partial charge is 0.389 e. The second kappa shape index (κ2) is 5.50. The molecule has 1 rings (SSSR count). The van der Waals surface area contributed by atoms with E-state index in [1.807, 2.05) is 38.1 Å². The molecule has 2 N–H and O–H groups in total. The lowest BCUT2D eigenvalue weighted by Crippen LogP contribution is -2.39. The zero-order chi connectivity index (χ0) is 11.3. The molecule has 0 fully saturated rings. The molecule has 0 radical (unpaired) electrons. The van der Waals surface area contributed by atoms with Crippen LogP contribution in [0.15, 0.2) is 24.3 Å². The Morgan fingerprint density at radius 2 is 2.07 bits per heavy atom. The third-order valence-electron chi connectivity index (χ3n) is 2.28. The van der Waals surface area contributed by atoms with Crippen molar-refractivity contribution in [3.63, 3.8) is 0 Å². The standard InChI is InChI=1S/C12H18ClNO/c1-3-14-9-12(2,15)8-10-6-4-5-7-11(10)13/h4-7,14-15H,3,8-9H2,1-2H3. The van der Waals surface area contributed by atoms with Crippen molar-refractivity contribution in [3.05, 3.63) is 34.9 Å². The molecule has 0 aliphatic heterocycles. The van der Waals surface area contributed by atoms with Crippen molar-refractivity contribution in [2.45, 2.75) is 25.9 Å². The summed E-state index contributed by atoms with van der Waals surface area (Å²) in [5.41, 5.74) is 0.239. The summed E-state index contributed by atoms with van der Waals surface area (Å²) in [6.07, 6.45) is 0.569. The van der Waals surface area contributed by atoms with Crippen LogP contribution < -0.4 is 5.32 Å². The van der Waals surface area contributed by atoms with Gasteiger partial charge in [-0.2, -0.15) is 0 Å². The van der Waals surface area contributed by atoms with E-state index in [4.69, 9.17) is 11.6 Å². The first-order chi connectivity index (χ1) is 7.05. The van der Waals surface area contributed by atoms with Gasteiger partial charge >= 0.3 is 0 Å².